The van der Waals surface area contributed by atoms with Crippen molar-refractivity contribution in [3.63, 3.8) is 0 Å². The molecule has 0 bridgehead atoms. The number of rotatable bonds is 60. The van der Waals surface area contributed by atoms with Crippen LogP contribution in [-0.4, -0.2) is 99.6 Å². The van der Waals surface area contributed by atoms with E-state index in [4.69, 9.17) is 14.2 Å². The van der Waals surface area contributed by atoms with E-state index in [1.807, 2.05) is 6.08 Å². The van der Waals surface area contributed by atoms with Gasteiger partial charge in [-0.25, -0.2) is 0 Å². The van der Waals surface area contributed by atoms with Crippen LogP contribution in [0.1, 0.15) is 316 Å². The van der Waals surface area contributed by atoms with E-state index in [-0.39, 0.29) is 19.4 Å². The predicted molar refractivity (Wildman–Crippen MR) is 352 cm³/mol. The van der Waals surface area contributed by atoms with Gasteiger partial charge in [0.2, 0.25) is 5.91 Å². The van der Waals surface area contributed by atoms with Crippen LogP contribution in [0.25, 0.3) is 0 Å². The predicted octanol–water partition coefficient (Wildman–Crippen LogP) is 17.9. The molecule has 1 aliphatic rings. The maximum Gasteiger partial charge on any atom is 0.306 e. The Bertz CT molecular complexity index is 1640. The van der Waals surface area contributed by atoms with Gasteiger partial charge in [0.25, 0.3) is 0 Å². The summed E-state index contributed by atoms with van der Waals surface area (Å²) in [6, 6.07) is -1.04. The molecule has 1 aliphatic heterocycles. The zero-order chi connectivity index (χ0) is 61.0. The Morgan fingerprint density at radius 1 is 0.464 bits per heavy atom. The number of hydrogen-bond donors (Lipinski definition) is 6. The van der Waals surface area contributed by atoms with Crippen LogP contribution in [-0.2, 0) is 23.8 Å². The molecule has 1 amide bonds. The van der Waals surface area contributed by atoms with Gasteiger partial charge in [-0.2, -0.15) is 0 Å². The second-order valence-electron chi connectivity index (χ2n) is 24.3. The molecule has 84 heavy (non-hydrogen) atoms. The minimum Gasteiger partial charge on any atom is -0.454 e. The van der Waals surface area contributed by atoms with Gasteiger partial charge < -0.3 is 45.1 Å². The quantitative estimate of drug-likeness (QED) is 0.0195. The molecule has 6 N–H and O–H groups in total. The highest BCUT2D eigenvalue weighted by molar-refractivity contribution is 5.80. The summed E-state index contributed by atoms with van der Waals surface area (Å²) in [6.07, 6.45) is 68.0. The van der Waals surface area contributed by atoms with Crippen LogP contribution < -0.4 is 5.32 Å². The molecule has 0 spiro atoms. The fraction of sp³-hybridized carbons (Fsp3) is 0.808. The summed E-state index contributed by atoms with van der Waals surface area (Å²) in [5, 5.41) is 57.1. The SMILES string of the molecule is CCCCC/C=C\C/C=C\C/C=C\C/C=C\CCCCC(O)C(=O)NC(COC1OC(CO)C(O)C(O)C1OC(=O)CCCCCCCCCCCCCCCCC/C=C/CCCCCCCC)C(O)/C=C/CCCCCCCCCCCC. The largest absolute Gasteiger partial charge is 0.454 e. The van der Waals surface area contributed by atoms with Crippen LogP contribution in [0.5, 0.6) is 0 Å². The molecule has 0 aromatic carbocycles. The third-order valence-electron chi connectivity index (χ3n) is 16.3. The second-order valence-corrected chi connectivity index (χ2v) is 24.3. The topological polar surface area (TPSA) is 175 Å². The first-order valence-corrected chi connectivity index (χ1v) is 35.2. The maximum absolute atomic E-state index is 13.4. The van der Waals surface area contributed by atoms with Gasteiger partial charge in [0.05, 0.1) is 25.4 Å². The van der Waals surface area contributed by atoms with Gasteiger partial charge in [-0.05, 0) is 96.3 Å². The molecule has 1 rings (SSSR count). The molecule has 0 aliphatic carbocycles. The van der Waals surface area contributed by atoms with E-state index in [1.54, 1.807) is 6.08 Å². The molecule has 0 saturated carbocycles. The number of esters is 1. The average molecular weight is 1180 g/mol. The van der Waals surface area contributed by atoms with Gasteiger partial charge in [0.15, 0.2) is 12.4 Å². The van der Waals surface area contributed by atoms with E-state index in [1.165, 1.54) is 193 Å². The Kier molecular flexibility index (Phi) is 56.9. The number of hydrogen-bond acceptors (Lipinski definition) is 10. The molecular formula is C73H131NO10. The molecule has 8 unspecified atom stereocenters. The highest BCUT2D eigenvalue weighted by Gasteiger charge is 2.47. The number of amides is 1. The van der Waals surface area contributed by atoms with E-state index in [0.29, 0.717) is 12.8 Å². The molecule has 1 saturated heterocycles. The minimum absolute atomic E-state index is 0.120. The molecule has 11 nitrogen and oxygen atoms in total. The third kappa shape index (κ3) is 47.2. The van der Waals surface area contributed by atoms with Crippen molar-refractivity contribution in [3.05, 3.63) is 72.9 Å². The lowest BCUT2D eigenvalue weighted by atomic mass is 9.99. The lowest BCUT2D eigenvalue weighted by molar-refractivity contribution is -0.305. The number of aliphatic hydroxyl groups excluding tert-OH is 5. The van der Waals surface area contributed by atoms with Gasteiger partial charge in [-0.1, -0.05) is 286 Å². The van der Waals surface area contributed by atoms with Crippen LogP contribution >= 0.6 is 0 Å². The Morgan fingerprint density at radius 2 is 0.821 bits per heavy atom. The van der Waals surface area contributed by atoms with Crippen molar-refractivity contribution in [2.45, 2.75) is 365 Å². The summed E-state index contributed by atoms with van der Waals surface area (Å²) in [5.74, 6) is -1.22. The standard InChI is InChI=1S/C73H131NO10/c1-4-7-10-13-16-19-22-25-27-29-31-32-33-34-35-36-37-39-41-43-46-49-52-55-58-61-68(78)84-71-70(80)69(79)67(62-75)83-73(71)82-63-64(65(76)59-56-53-50-47-44-24-21-18-15-12-9-6-3)74-72(81)66(77)60-57-54-51-48-45-42-40-38-30-28-26-23-20-17-14-11-8-5-2/h17,20,25-28,38,40,45,48,56,59,64-67,69-71,73,75-77,79-80H,4-16,18-19,21-24,29-37,39,41-44,46-47,49-55,57-58,60-63H2,1-3H3,(H,74,81)/b20-17-,27-25+,28-26-,40-38-,48-45-,59-56+. The van der Waals surface area contributed by atoms with E-state index >= 15 is 0 Å². The van der Waals surface area contributed by atoms with Gasteiger partial charge in [-0.3, -0.25) is 9.59 Å². The van der Waals surface area contributed by atoms with Crippen molar-refractivity contribution in [2.24, 2.45) is 0 Å². The first kappa shape index (κ1) is 79.1. The summed E-state index contributed by atoms with van der Waals surface area (Å²) in [4.78, 5) is 26.6. The van der Waals surface area contributed by atoms with Crippen LogP contribution in [0.2, 0.25) is 0 Å². The minimum atomic E-state index is -1.62. The molecular weight excluding hydrogens is 1050 g/mol. The number of carbonyl (C=O) groups is 2. The molecule has 8 atom stereocenters. The maximum atomic E-state index is 13.4. The van der Waals surface area contributed by atoms with Gasteiger partial charge in [-0.15, -0.1) is 0 Å². The van der Waals surface area contributed by atoms with Crippen molar-refractivity contribution in [1.29, 1.82) is 0 Å². The van der Waals surface area contributed by atoms with Crippen molar-refractivity contribution < 1.29 is 49.3 Å². The summed E-state index contributed by atoms with van der Waals surface area (Å²) in [7, 11) is 0. The molecule has 488 valence electrons. The number of ether oxygens (including phenoxy) is 3. The zero-order valence-corrected chi connectivity index (χ0v) is 54.3. The van der Waals surface area contributed by atoms with Crippen molar-refractivity contribution in [1.82, 2.24) is 5.32 Å². The van der Waals surface area contributed by atoms with Crippen molar-refractivity contribution in [3.8, 4) is 0 Å². The molecule has 11 heteroatoms. The van der Waals surface area contributed by atoms with Crippen LogP contribution in [0, 0.1) is 0 Å². The normalized spacial score (nSPS) is 18.9. The van der Waals surface area contributed by atoms with Crippen molar-refractivity contribution in [2.75, 3.05) is 13.2 Å². The second kappa shape index (κ2) is 60.4. The number of carbonyl (C=O) groups excluding carboxylic acids is 2. The first-order chi connectivity index (χ1) is 41.2. The fourth-order valence-corrected chi connectivity index (χ4v) is 10.7. The summed E-state index contributed by atoms with van der Waals surface area (Å²) in [6.45, 7) is 5.77. The Balaban J connectivity index is 2.59. The fourth-order valence-electron chi connectivity index (χ4n) is 10.7. The molecule has 0 aromatic rings. The van der Waals surface area contributed by atoms with Crippen LogP contribution in [0.3, 0.4) is 0 Å². The first-order valence-electron chi connectivity index (χ1n) is 35.2. The van der Waals surface area contributed by atoms with E-state index in [9.17, 15) is 35.1 Å². The number of aliphatic hydroxyl groups is 5. The zero-order valence-electron chi connectivity index (χ0n) is 54.3. The van der Waals surface area contributed by atoms with E-state index in [0.717, 1.165) is 77.0 Å². The molecule has 0 aromatic heterocycles. The average Bonchev–Trinajstić information content (AvgIpc) is 3.67. The van der Waals surface area contributed by atoms with Gasteiger partial charge >= 0.3 is 5.97 Å². The van der Waals surface area contributed by atoms with E-state index < -0.39 is 67.4 Å². The number of nitrogens with one attached hydrogen (secondary N) is 1. The van der Waals surface area contributed by atoms with Gasteiger partial charge in [0.1, 0.15) is 24.4 Å². The summed E-state index contributed by atoms with van der Waals surface area (Å²) < 4.78 is 17.7. The van der Waals surface area contributed by atoms with Gasteiger partial charge in [0, 0.05) is 6.42 Å². The Labute approximate surface area is 515 Å². The highest BCUT2D eigenvalue weighted by Crippen LogP contribution is 2.26. The lowest BCUT2D eigenvalue weighted by Gasteiger charge is -2.41. The van der Waals surface area contributed by atoms with E-state index in [2.05, 4.69) is 86.8 Å². The summed E-state index contributed by atoms with van der Waals surface area (Å²) >= 11 is 0. The lowest BCUT2D eigenvalue weighted by Crippen LogP contribution is -2.61. The number of allylic oxidation sites excluding steroid dienone is 11. The smallest absolute Gasteiger partial charge is 0.306 e. The third-order valence-corrected chi connectivity index (χ3v) is 16.3. The summed E-state index contributed by atoms with van der Waals surface area (Å²) in [5.41, 5.74) is 0. The molecule has 0 radical (unpaired) electrons. The van der Waals surface area contributed by atoms with Crippen molar-refractivity contribution >= 4 is 11.9 Å². The number of unbranched alkanes of at least 4 members (excludes halogenated alkanes) is 36. The highest BCUT2D eigenvalue weighted by atomic mass is 16.7. The Hall–Kier alpha value is -2.90. The van der Waals surface area contributed by atoms with Crippen LogP contribution in [0.15, 0.2) is 72.9 Å². The van der Waals surface area contributed by atoms with Crippen LogP contribution in [0.4, 0.5) is 0 Å². The Morgan fingerprint density at radius 3 is 1.26 bits per heavy atom. The monoisotopic (exact) mass is 1180 g/mol. The molecule has 1 fully saturated rings. The molecule has 1 heterocycles.